The van der Waals surface area contributed by atoms with Crippen molar-refractivity contribution in [3.05, 3.63) is 27.4 Å². The van der Waals surface area contributed by atoms with Gasteiger partial charge in [0.1, 0.15) is 5.01 Å². The van der Waals surface area contributed by atoms with E-state index in [0.717, 1.165) is 49.5 Å². The average Bonchev–Trinajstić information content (AvgIpc) is 3.35. The zero-order valence-corrected chi connectivity index (χ0v) is 17.3. The SMILES string of the molecule is Cc1nnc(N2C[C@@H]3CN(Cc4ccsc4)CCO[C@@H]3C2)s1.O=C(O)C(F)(F)F. The topological polar surface area (TPSA) is 78.8 Å². The number of alkyl halides is 3. The Kier molecular flexibility index (Phi) is 7.09. The summed E-state index contributed by atoms with van der Waals surface area (Å²) in [6, 6.07) is 2.22. The number of carboxylic acid groups (broad SMARTS) is 1. The standard InChI is InChI=1S/C15H20N4OS2.C2HF3O2/c1-11-16-17-15(22-11)19-8-13-7-18(3-4-20-14(13)9-19)6-12-2-5-21-10-12;3-2(4,5)1(6)7/h2,5,10,13-14H,3-4,6-9H2,1H3;(H,6,7)/t13-,14+;/m0./s1. The van der Waals surface area contributed by atoms with Crippen LogP contribution in [0.5, 0.6) is 0 Å². The Balaban J connectivity index is 0.000000298. The van der Waals surface area contributed by atoms with Crippen molar-refractivity contribution in [2.24, 2.45) is 5.92 Å². The van der Waals surface area contributed by atoms with Crippen molar-refractivity contribution in [1.82, 2.24) is 15.1 Å². The molecule has 4 rings (SSSR count). The molecule has 0 saturated carbocycles. The molecule has 160 valence electrons. The summed E-state index contributed by atoms with van der Waals surface area (Å²) < 4.78 is 37.8. The molecule has 2 aliphatic rings. The molecule has 7 nitrogen and oxygen atoms in total. The van der Waals surface area contributed by atoms with Crippen LogP contribution in [0.25, 0.3) is 0 Å². The smallest absolute Gasteiger partial charge is 0.475 e. The second kappa shape index (κ2) is 9.37. The number of halogens is 3. The highest BCUT2D eigenvalue weighted by Gasteiger charge is 2.38. The molecule has 2 aromatic rings. The van der Waals surface area contributed by atoms with Crippen LogP contribution in [0.3, 0.4) is 0 Å². The summed E-state index contributed by atoms with van der Waals surface area (Å²) in [6.07, 6.45) is -4.75. The molecule has 0 aromatic carbocycles. The van der Waals surface area contributed by atoms with E-state index in [9.17, 15) is 13.2 Å². The number of aryl methyl sites for hydroxylation is 1. The maximum atomic E-state index is 10.6. The molecule has 2 aliphatic heterocycles. The maximum absolute atomic E-state index is 10.6. The van der Waals surface area contributed by atoms with Crippen LogP contribution in [0.15, 0.2) is 16.8 Å². The van der Waals surface area contributed by atoms with Crippen LogP contribution in [0.1, 0.15) is 10.6 Å². The second-order valence-corrected chi connectivity index (χ2v) is 8.79. The summed E-state index contributed by atoms with van der Waals surface area (Å²) in [5.41, 5.74) is 1.41. The van der Waals surface area contributed by atoms with E-state index in [4.69, 9.17) is 14.6 Å². The predicted octanol–water partition coefficient (Wildman–Crippen LogP) is 2.88. The molecular weight excluding hydrogens is 429 g/mol. The number of rotatable bonds is 3. The van der Waals surface area contributed by atoms with E-state index in [2.05, 4.69) is 36.8 Å². The van der Waals surface area contributed by atoms with E-state index < -0.39 is 12.1 Å². The molecule has 0 bridgehead atoms. The van der Waals surface area contributed by atoms with Gasteiger partial charge >= 0.3 is 12.1 Å². The number of thiophene rings is 1. The molecule has 12 heteroatoms. The predicted molar refractivity (Wildman–Crippen MR) is 103 cm³/mol. The molecule has 0 unspecified atom stereocenters. The lowest BCUT2D eigenvalue weighted by molar-refractivity contribution is -0.192. The van der Waals surface area contributed by atoms with E-state index in [-0.39, 0.29) is 0 Å². The van der Waals surface area contributed by atoms with Crippen molar-refractivity contribution in [3.8, 4) is 0 Å². The number of aromatic nitrogens is 2. The van der Waals surface area contributed by atoms with Gasteiger partial charge in [-0.1, -0.05) is 11.3 Å². The molecule has 4 heterocycles. The van der Waals surface area contributed by atoms with Crippen molar-refractivity contribution in [2.75, 3.05) is 37.7 Å². The van der Waals surface area contributed by atoms with Crippen molar-refractivity contribution >= 4 is 33.8 Å². The van der Waals surface area contributed by atoms with Crippen LogP contribution in [-0.2, 0) is 16.1 Å². The highest BCUT2D eigenvalue weighted by Crippen LogP contribution is 2.30. The Morgan fingerprint density at radius 2 is 2.10 bits per heavy atom. The fourth-order valence-electron chi connectivity index (χ4n) is 3.32. The van der Waals surface area contributed by atoms with Crippen LogP contribution in [0.2, 0.25) is 0 Å². The lowest BCUT2D eigenvalue weighted by Gasteiger charge is -2.22. The van der Waals surface area contributed by atoms with E-state index in [1.807, 2.05) is 6.92 Å². The van der Waals surface area contributed by atoms with Crippen LogP contribution in [0.4, 0.5) is 18.3 Å². The van der Waals surface area contributed by atoms with Gasteiger partial charge in [0.25, 0.3) is 0 Å². The molecule has 2 atom stereocenters. The molecule has 0 spiro atoms. The van der Waals surface area contributed by atoms with Crippen LogP contribution < -0.4 is 4.90 Å². The van der Waals surface area contributed by atoms with Gasteiger partial charge in [0.05, 0.1) is 12.7 Å². The van der Waals surface area contributed by atoms with Crippen LogP contribution in [-0.4, -0.2) is 71.2 Å². The van der Waals surface area contributed by atoms with Crippen molar-refractivity contribution in [3.63, 3.8) is 0 Å². The van der Waals surface area contributed by atoms with E-state index >= 15 is 0 Å². The summed E-state index contributed by atoms with van der Waals surface area (Å²) in [6.45, 7) is 7.98. The van der Waals surface area contributed by atoms with Crippen molar-refractivity contribution in [2.45, 2.75) is 25.7 Å². The minimum atomic E-state index is -5.08. The van der Waals surface area contributed by atoms with Gasteiger partial charge in [-0.15, -0.1) is 10.2 Å². The van der Waals surface area contributed by atoms with Gasteiger partial charge in [0.15, 0.2) is 0 Å². The number of ether oxygens (including phenoxy) is 1. The molecule has 1 N–H and O–H groups in total. The van der Waals surface area contributed by atoms with E-state index in [0.29, 0.717) is 12.0 Å². The fourth-order valence-corrected chi connectivity index (χ4v) is 4.68. The first kappa shape index (κ1) is 21.9. The average molecular weight is 451 g/mol. The Morgan fingerprint density at radius 1 is 1.34 bits per heavy atom. The Bertz CT molecular complexity index is 800. The highest BCUT2D eigenvalue weighted by atomic mass is 32.1. The molecule has 2 fully saturated rings. The molecule has 29 heavy (non-hydrogen) atoms. The lowest BCUT2D eigenvalue weighted by atomic mass is 10.1. The highest BCUT2D eigenvalue weighted by molar-refractivity contribution is 7.15. The number of aliphatic carboxylic acids is 1. The number of nitrogens with zero attached hydrogens (tertiary/aromatic N) is 4. The van der Waals surface area contributed by atoms with Gasteiger partial charge in [0.2, 0.25) is 5.13 Å². The van der Waals surface area contributed by atoms with Crippen LogP contribution in [0, 0.1) is 12.8 Å². The largest absolute Gasteiger partial charge is 0.490 e. The molecule has 0 amide bonds. The molecule has 0 radical (unpaired) electrons. The van der Waals surface area contributed by atoms with Gasteiger partial charge < -0.3 is 14.7 Å². The Morgan fingerprint density at radius 3 is 2.69 bits per heavy atom. The van der Waals surface area contributed by atoms with Gasteiger partial charge in [-0.05, 0) is 29.3 Å². The molecular formula is C17H21F3N4O3S2. The second-order valence-electron chi connectivity index (χ2n) is 6.85. The third kappa shape index (κ3) is 6.11. The third-order valence-corrected chi connectivity index (χ3v) is 6.26. The molecule has 0 aliphatic carbocycles. The van der Waals surface area contributed by atoms with E-state index in [1.54, 1.807) is 22.7 Å². The van der Waals surface area contributed by atoms with Gasteiger partial charge in [0, 0.05) is 38.6 Å². The van der Waals surface area contributed by atoms with Gasteiger partial charge in [-0.25, -0.2) is 4.79 Å². The van der Waals surface area contributed by atoms with Gasteiger partial charge in [-0.2, -0.15) is 24.5 Å². The summed E-state index contributed by atoms with van der Waals surface area (Å²) >= 11 is 3.45. The summed E-state index contributed by atoms with van der Waals surface area (Å²) in [7, 11) is 0. The van der Waals surface area contributed by atoms with Gasteiger partial charge in [-0.3, -0.25) is 4.90 Å². The first-order valence-electron chi connectivity index (χ1n) is 8.92. The number of hydrogen-bond donors (Lipinski definition) is 1. The number of fused-ring (bicyclic) bond motifs is 1. The zero-order valence-electron chi connectivity index (χ0n) is 15.6. The molecule has 2 saturated heterocycles. The number of carboxylic acids is 1. The minimum absolute atomic E-state index is 0.330. The first-order valence-corrected chi connectivity index (χ1v) is 10.7. The Hall–Kier alpha value is -1.76. The molecule has 2 aromatic heterocycles. The Labute approximate surface area is 173 Å². The maximum Gasteiger partial charge on any atom is 0.490 e. The summed E-state index contributed by atoms with van der Waals surface area (Å²) in [5, 5.41) is 22.0. The fraction of sp³-hybridized carbons (Fsp3) is 0.588. The third-order valence-electron chi connectivity index (χ3n) is 4.63. The lowest BCUT2D eigenvalue weighted by Crippen LogP contribution is -2.32. The number of carbonyl (C=O) groups is 1. The summed E-state index contributed by atoms with van der Waals surface area (Å²) in [5.74, 6) is -2.20. The van der Waals surface area contributed by atoms with Crippen molar-refractivity contribution < 1.29 is 27.8 Å². The zero-order chi connectivity index (χ0) is 21.0. The minimum Gasteiger partial charge on any atom is -0.475 e. The summed E-state index contributed by atoms with van der Waals surface area (Å²) in [4.78, 5) is 13.8. The number of hydrogen-bond acceptors (Lipinski definition) is 8. The first-order chi connectivity index (χ1) is 13.7. The monoisotopic (exact) mass is 450 g/mol. The van der Waals surface area contributed by atoms with Crippen LogP contribution >= 0.6 is 22.7 Å². The normalized spacial score (nSPS) is 22.6. The van der Waals surface area contributed by atoms with Crippen molar-refractivity contribution in [1.29, 1.82) is 0 Å². The quantitative estimate of drug-likeness (QED) is 0.770. The van der Waals surface area contributed by atoms with E-state index in [1.165, 1.54) is 5.56 Å². The number of anilines is 1.